The number of halogens is 1. The summed E-state index contributed by atoms with van der Waals surface area (Å²) in [6.45, 7) is 13.7. The first-order valence-electron chi connectivity index (χ1n) is 12.5. The van der Waals surface area contributed by atoms with Crippen LogP contribution in [0.3, 0.4) is 0 Å². The van der Waals surface area contributed by atoms with E-state index in [1.165, 1.54) is 6.07 Å². The van der Waals surface area contributed by atoms with Gasteiger partial charge in [-0.25, -0.2) is 4.39 Å². The van der Waals surface area contributed by atoms with Gasteiger partial charge in [0.25, 0.3) is 0 Å². The molecular formula is C26H37FN4O4. The van der Waals surface area contributed by atoms with E-state index < -0.39 is 5.60 Å². The highest BCUT2D eigenvalue weighted by Crippen LogP contribution is 2.26. The fraction of sp³-hybridized carbons (Fsp3) is 0.615. The molecule has 0 spiro atoms. The number of nitrogens with zero attached hydrogens (tertiary/aromatic N) is 4. The van der Waals surface area contributed by atoms with E-state index in [2.05, 4.69) is 21.6 Å². The predicted molar refractivity (Wildman–Crippen MR) is 131 cm³/mol. The Morgan fingerprint density at radius 1 is 1.29 bits per heavy atom. The monoisotopic (exact) mass is 488 g/mol. The zero-order chi connectivity index (χ0) is 25.0. The molecule has 0 radical (unpaired) electrons. The molecule has 8 nitrogen and oxygen atoms in total. The number of hydrogen-bond donors (Lipinski definition) is 1. The zero-order valence-corrected chi connectivity index (χ0v) is 21.0. The molecule has 1 unspecified atom stereocenters. The van der Waals surface area contributed by atoms with E-state index in [1.807, 2.05) is 25.7 Å². The number of β-amino-alcohol motifs (C(OH)–C–C–N with tert-alkyl or cyclic N) is 1. The number of likely N-dealkylation sites (tertiary alicyclic amines) is 1. The molecular weight excluding hydrogens is 451 g/mol. The Bertz CT molecular complexity index is 1000. The van der Waals surface area contributed by atoms with Gasteiger partial charge in [0, 0.05) is 50.3 Å². The van der Waals surface area contributed by atoms with Gasteiger partial charge in [-0.05, 0) is 37.8 Å². The van der Waals surface area contributed by atoms with Crippen LogP contribution in [0, 0.1) is 5.82 Å². The molecule has 2 aromatic rings. The van der Waals surface area contributed by atoms with E-state index in [9.17, 15) is 9.50 Å². The fourth-order valence-corrected chi connectivity index (χ4v) is 4.49. The van der Waals surface area contributed by atoms with Gasteiger partial charge in [0.05, 0.1) is 18.3 Å². The molecule has 0 saturated carbocycles. The Hall–Kier alpha value is -2.65. The first-order valence-corrected chi connectivity index (χ1v) is 12.5. The first-order chi connectivity index (χ1) is 16.7. The van der Waals surface area contributed by atoms with Gasteiger partial charge in [0.1, 0.15) is 18.2 Å². The van der Waals surface area contributed by atoms with E-state index in [0.29, 0.717) is 49.9 Å². The van der Waals surface area contributed by atoms with Gasteiger partial charge < -0.3 is 28.9 Å². The Balaban J connectivity index is 1.15. The van der Waals surface area contributed by atoms with E-state index in [0.717, 1.165) is 44.0 Å². The van der Waals surface area contributed by atoms with Crippen LogP contribution in [-0.4, -0.2) is 71.2 Å². The largest absolute Gasteiger partial charge is 0.491 e. The van der Waals surface area contributed by atoms with Gasteiger partial charge in [-0.3, -0.25) is 0 Å². The minimum absolute atomic E-state index is 0.152. The third-order valence-corrected chi connectivity index (χ3v) is 6.68. The van der Waals surface area contributed by atoms with Crippen molar-refractivity contribution in [2.45, 2.75) is 64.1 Å². The lowest BCUT2D eigenvalue weighted by Crippen LogP contribution is -2.37. The SMILES string of the molecule is C=C(Cc1ccc(OCCOC2CCN(c3nc(C(C)C)no3)CC2)cc1F)N1CCC(C)(O)C1. The second-order valence-corrected chi connectivity index (χ2v) is 10.2. The number of hydrogen-bond acceptors (Lipinski definition) is 8. The second-order valence-electron chi connectivity index (χ2n) is 10.2. The van der Waals surface area contributed by atoms with Crippen molar-refractivity contribution in [2.75, 3.05) is 44.3 Å². The Kier molecular flexibility index (Phi) is 7.96. The summed E-state index contributed by atoms with van der Waals surface area (Å²) in [5, 5.41) is 14.2. The summed E-state index contributed by atoms with van der Waals surface area (Å²) in [7, 11) is 0. The molecule has 192 valence electrons. The smallest absolute Gasteiger partial charge is 0.324 e. The zero-order valence-electron chi connectivity index (χ0n) is 21.0. The van der Waals surface area contributed by atoms with Crippen LogP contribution >= 0.6 is 0 Å². The maximum atomic E-state index is 14.6. The highest BCUT2D eigenvalue weighted by molar-refractivity contribution is 5.31. The highest BCUT2D eigenvalue weighted by atomic mass is 19.1. The van der Waals surface area contributed by atoms with Gasteiger partial charge in [0.2, 0.25) is 0 Å². The van der Waals surface area contributed by atoms with Gasteiger partial charge in [-0.2, -0.15) is 4.98 Å². The second kappa shape index (κ2) is 11.0. The molecule has 0 amide bonds. The van der Waals surface area contributed by atoms with Crippen LogP contribution in [0.25, 0.3) is 0 Å². The number of ether oxygens (including phenoxy) is 2. The van der Waals surface area contributed by atoms with Crippen molar-refractivity contribution in [3.63, 3.8) is 0 Å². The van der Waals surface area contributed by atoms with Crippen molar-refractivity contribution in [3.8, 4) is 5.75 Å². The summed E-state index contributed by atoms with van der Waals surface area (Å²) in [5.74, 6) is 1.14. The van der Waals surface area contributed by atoms with Gasteiger partial charge in [-0.1, -0.05) is 31.6 Å². The molecule has 1 aromatic carbocycles. The maximum Gasteiger partial charge on any atom is 0.324 e. The summed E-state index contributed by atoms with van der Waals surface area (Å²) in [6.07, 6.45) is 3.00. The topological polar surface area (TPSA) is 84.1 Å². The number of aliphatic hydroxyl groups is 1. The summed E-state index contributed by atoms with van der Waals surface area (Å²) in [5.41, 5.74) is 0.678. The molecule has 1 aromatic heterocycles. The van der Waals surface area contributed by atoms with Crippen molar-refractivity contribution in [1.82, 2.24) is 15.0 Å². The van der Waals surface area contributed by atoms with Crippen LogP contribution in [0.4, 0.5) is 10.4 Å². The molecule has 3 heterocycles. The minimum Gasteiger partial charge on any atom is -0.491 e. The molecule has 9 heteroatoms. The Labute approximate surface area is 206 Å². The number of piperidine rings is 1. The van der Waals surface area contributed by atoms with Crippen LogP contribution < -0.4 is 9.64 Å². The van der Waals surface area contributed by atoms with Crippen LogP contribution in [0.1, 0.15) is 57.3 Å². The van der Waals surface area contributed by atoms with Gasteiger partial charge in [0.15, 0.2) is 5.82 Å². The standard InChI is InChI=1S/C26H37FN4O4/c1-18(2)24-28-25(35-29-24)30-10-7-21(8-11-30)33-13-14-34-22-6-5-20(23(27)16-22)15-19(3)31-12-9-26(4,32)17-31/h5-6,16,18,21,32H,3,7-15,17H2,1-2,4H3. The number of rotatable bonds is 10. The predicted octanol–water partition coefficient (Wildman–Crippen LogP) is 3.91. The average molecular weight is 489 g/mol. The molecule has 2 aliphatic rings. The first kappa shape index (κ1) is 25.4. The van der Waals surface area contributed by atoms with Crippen LogP contribution in [-0.2, 0) is 11.2 Å². The summed E-state index contributed by atoms with van der Waals surface area (Å²) in [6, 6.07) is 5.51. The van der Waals surface area contributed by atoms with Crippen LogP contribution in [0.2, 0.25) is 0 Å². The van der Waals surface area contributed by atoms with E-state index in [-0.39, 0.29) is 17.8 Å². The molecule has 1 atom stereocenters. The number of aromatic nitrogens is 2. The quantitative estimate of drug-likeness (QED) is 0.504. The molecule has 35 heavy (non-hydrogen) atoms. The van der Waals surface area contributed by atoms with Crippen molar-refractivity contribution < 1.29 is 23.5 Å². The molecule has 2 saturated heterocycles. The van der Waals surface area contributed by atoms with Crippen LogP contribution in [0.5, 0.6) is 5.75 Å². The highest BCUT2D eigenvalue weighted by Gasteiger charge is 2.32. The normalized spacial score (nSPS) is 21.2. The lowest BCUT2D eigenvalue weighted by Gasteiger charge is -2.30. The number of anilines is 1. The van der Waals surface area contributed by atoms with Gasteiger partial charge in [-0.15, -0.1) is 0 Å². The molecule has 2 fully saturated rings. The third-order valence-electron chi connectivity index (χ3n) is 6.68. The van der Waals surface area contributed by atoms with E-state index in [1.54, 1.807) is 12.1 Å². The van der Waals surface area contributed by atoms with Crippen molar-refractivity contribution in [1.29, 1.82) is 0 Å². The summed E-state index contributed by atoms with van der Waals surface area (Å²) in [4.78, 5) is 8.58. The number of benzene rings is 1. The average Bonchev–Trinajstić information content (AvgIpc) is 3.46. The lowest BCUT2D eigenvalue weighted by atomic mass is 10.1. The molecule has 0 bridgehead atoms. The molecule has 0 aliphatic carbocycles. The van der Waals surface area contributed by atoms with Crippen molar-refractivity contribution >= 4 is 6.01 Å². The van der Waals surface area contributed by atoms with E-state index >= 15 is 0 Å². The molecule has 4 rings (SSSR count). The van der Waals surface area contributed by atoms with Crippen molar-refractivity contribution in [3.05, 3.63) is 47.7 Å². The molecule has 1 N–H and O–H groups in total. The Morgan fingerprint density at radius 3 is 2.69 bits per heavy atom. The lowest BCUT2D eigenvalue weighted by molar-refractivity contribution is 0.0197. The Morgan fingerprint density at radius 2 is 2.06 bits per heavy atom. The summed E-state index contributed by atoms with van der Waals surface area (Å²) >= 11 is 0. The fourth-order valence-electron chi connectivity index (χ4n) is 4.49. The number of allylic oxidation sites excluding steroid dienone is 1. The van der Waals surface area contributed by atoms with E-state index in [4.69, 9.17) is 14.0 Å². The van der Waals surface area contributed by atoms with Crippen molar-refractivity contribution in [2.24, 2.45) is 0 Å². The van der Waals surface area contributed by atoms with Crippen LogP contribution in [0.15, 0.2) is 35.0 Å². The minimum atomic E-state index is -0.704. The molecule has 2 aliphatic heterocycles. The van der Waals surface area contributed by atoms with Gasteiger partial charge >= 0.3 is 6.01 Å². The third kappa shape index (κ3) is 6.73. The summed E-state index contributed by atoms with van der Waals surface area (Å²) < 4.78 is 31.7. The maximum absolute atomic E-state index is 14.6.